The number of rotatable bonds is 5. The van der Waals surface area contributed by atoms with Crippen molar-refractivity contribution in [2.75, 3.05) is 5.32 Å². The molecule has 0 spiro atoms. The fraction of sp³-hybridized carbons (Fsp3) is 0.188. The molecule has 7 heteroatoms. The molecule has 0 unspecified atom stereocenters. The SMILES string of the molecule is Cc1cc(C)nc(Sc2cccc(NCc3cnc(Cl)s3)c2)n1. The second-order valence-corrected chi connectivity index (χ2v) is 7.73. The molecule has 0 aliphatic carbocycles. The summed E-state index contributed by atoms with van der Waals surface area (Å²) in [5.41, 5.74) is 3.01. The third kappa shape index (κ3) is 4.67. The number of thiazole rings is 1. The molecule has 0 radical (unpaired) electrons. The predicted molar refractivity (Wildman–Crippen MR) is 96.5 cm³/mol. The lowest BCUT2D eigenvalue weighted by Crippen LogP contribution is -1.97. The lowest BCUT2D eigenvalue weighted by molar-refractivity contribution is 0.902. The van der Waals surface area contributed by atoms with Crippen molar-refractivity contribution in [2.24, 2.45) is 0 Å². The Morgan fingerprint density at radius 3 is 2.65 bits per heavy atom. The van der Waals surface area contributed by atoms with E-state index in [9.17, 15) is 0 Å². The average Bonchev–Trinajstić information content (AvgIpc) is 2.90. The molecule has 23 heavy (non-hydrogen) atoms. The molecule has 0 bridgehead atoms. The second-order valence-electron chi connectivity index (χ2n) is 5.00. The van der Waals surface area contributed by atoms with Gasteiger partial charge in [-0.1, -0.05) is 17.7 Å². The molecule has 3 aromatic rings. The van der Waals surface area contributed by atoms with Crippen LogP contribution in [-0.2, 0) is 6.54 Å². The maximum atomic E-state index is 5.85. The molecule has 118 valence electrons. The van der Waals surface area contributed by atoms with Gasteiger partial charge in [0, 0.05) is 33.0 Å². The van der Waals surface area contributed by atoms with Crippen LogP contribution in [0.3, 0.4) is 0 Å². The van der Waals surface area contributed by atoms with Gasteiger partial charge >= 0.3 is 0 Å². The van der Waals surface area contributed by atoms with Gasteiger partial charge < -0.3 is 5.32 Å². The minimum Gasteiger partial charge on any atom is -0.380 e. The van der Waals surface area contributed by atoms with Crippen LogP contribution in [0.2, 0.25) is 4.47 Å². The third-order valence-electron chi connectivity index (χ3n) is 3.00. The number of anilines is 1. The summed E-state index contributed by atoms with van der Waals surface area (Å²) in [4.78, 5) is 15.2. The molecule has 3 rings (SSSR count). The van der Waals surface area contributed by atoms with E-state index in [1.54, 1.807) is 18.0 Å². The fourth-order valence-electron chi connectivity index (χ4n) is 2.07. The Morgan fingerprint density at radius 2 is 1.96 bits per heavy atom. The van der Waals surface area contributed by atoms with Crippen LogP contribution in [0.15, 0.2) is 46.6 Å². The summed E-state index contributed by atoms with van der Waals surface area (Å²) in [7, 11) is 0. The summed E-state index contributed by atoms with van der Waals surface area (Å²) < 4.78 is 0.568. The minimum atomic E-state index is 0.568. The van der Waals surface area contributed by atoms with Crippen molar-refractivity contribution >= 4 is 40.4 Å². The molecule has 2 aromatic heterocycles. The molecule has 1 aromatic carbocycles. The number of hydrogen-bond donors (Lipinski definition) is 1. The molecular weight excluding hydrogens is 348 g/mol. The lowest BCUT2D eigenvalue weighted by atomic mass is 10.3. The highest BCUT2D eigenvalue weighted by Crippen LogP contribution is 2.27. The topological polar surface area (TPSA) is 50.7 Å². The number of nitrogens with zero attached hydrogens (tertiary/aromatic N) is 3. The van der Waals surface area contributed by atoms with Gasteiger partial charge in [-0.3, -0.25) is 0 Å². The van der Waals surface area contributed by atoms with Gasteiger partial charge in [0.25, 0.3) is 0 Å². The van der Waals surface area contributed by atoms with Gasteiger partial charge in [0.15, 0.2) is 9.62 Å². The first kappa shape index (κ1) is 16.2. The summed E-state index contributed by atoms with van der Waals surface area (Å²) in [6.45, 7) is 4.67. The van der Waals surface area contributed by atoms with Gasteiger partial charge in [-0.05, 0) is 49.9 Å². The standard InChI is InChI=1S/C16H15ClN4S2/c1-10-6-11(2)21-16(20-10)23-13-5-3-4-12(7-13)18-8-14-9-19-15(17)22-14/h3-7,9,18H,8H2,1-2H3. The second kappa shape index (κ2) is 7.29. The summed E-state index contributed by atoms with van der Waals surface area (Å²) in [6, 6.07) is 10.2. The first-order valence-corrected chi connectivity index (χ1v) is 9.04. The Balaban J connectivity index is 1.69. The Bertz CT molecular complexity index is 799. The average molecular weight is 363 g/mol. The van der Waals surface area contributed by atoms with Crippen LogP contribution in [0.5, 0.6) is 0 Å². The van der Waals surface area contributed by atoms with E-state index in [1.807, 2.05) is 32.0 Å². The first-order chi connectivity index (χ1) is 11.1. The largest absolute Gasteiger partial charge is 0.380 e. The number of hydrogen-bond acceptors (Lipinski definition) is 6. The van der Waals surface area contributed by atoms with Crippen molar-refractivity contribution in [3.63, 3.8) is 0 Å². The molecule has 4 nitrogen and oxygen atoms in total. The van der Waals surface area contributed by atoms with Gasteiger partial charge in [-0.2, -0.15) is 0 Å². The van der Waals surface area contributed by atoms with E-state index in [2.05, 4.69) is 32.4 Å². The number of aromatic nitrogens is 3. The fourth-order valence-corrected chi connectivity index (χ4v) is 3.91. The van der Waals surface area contributed by atoms with E-state index in [4.69, 9.17) is 11.6 Å². The highest BCUT2D eigenvalue weighted by atomic mass is 35.5. The lowest BCUT2D eigenvalue weighted by Gasteiger charge is -2.07. The van der Waals surface area contributed by atoms with E-state index in [0.29, 0.717) is 11.0 Å². The molecule has 0 amide bonds. The van der Waals surface area contributed by atoms with E-state index >= 15 is 0 Å². The molecule has 0 saturated carbocycles. The molecule has 2 heterocycles. The van der Waals surface area contributed by atoms with Crippen molar-refractivity contribution < 1.29 is 0 Å². The third-order valence-corrected chi connectivity index (χ3v) is 4.97. The van der Waals surface area contributed by atoms with Crippen LogP contribution >= 0.6 is 34.7 Å². The van der Waals surface area contributed by atoms with Gasteiger partial charge in [0.1, 0.15) is 0 Å². The number of nitrogens with one attached hydrogen (secondary N) is 1. The van der Waals surface area contributed by atoms with Crippen molar-refractivity contribution in [3.8, 4) is 0 Å². The monoisotopic (exact) mass is 362 g/mol. The summed E-state index contributed by atoms with van der Waals surface area (Å²) >= 11 is 8.89. The highest BCUT2D eigenvalue weighted by molar-refractivity contribution is 7.99. The predicted octanol–water partition coefficient (Wildman–Crippen LogP) is 4.97. The quantitative estimate of drug-likeness (QED) is 0.649. The Kier molecular flexibility index (Phi) is 5.15. The zero-order valence-electron chi connectivity index (χ0n) is 12.7. The zero-order valence-corrected chi connectivity index (χ0v) is 15.1. The van der Waals surface area contributed by atoms with Crippen LogP contribution in [0.25, 0.3) is 0 Å². The van der Waals surface area contributed by atoms with E-state index in [1.165, 1.54) is 11.3 Å². The van der Waals surface area contributed by atoms with Gasteiger partial charge in [-0.15, -0.1) is 11.3 Å². The van der Waals surface area contributed by atoms with E-state index in [-0.39, 0.29) is 0 Å². The van der Waals surface area contributed by atoms with Gasteiger partial charge in [0.05, 0.1) is 6.54 Å². The molecule has 0 atom stereocenters. The van der Waals surface area contributed by atoms with Crippen molar-refractivity contribution in [1.29, 1.82) is 0 Å². The molecule has 1 N–H and O–H groups in total. The van der Waals surface area contributed by atoms with Crippen LogP contribution in [0, 0.1) is 13.8 Å². The minimum absolute atomic E-state index is 0.568. The molecule has 0 aliphatic heterocycles. The summed E-state index contributed by atoms with van der Waals surface area (Å²) in [5.74, 6) is 0. The molecular formula is C16H15ClN4S2. The number of benzene rings is 1. The normalized spacial score (nSPS) is 10.7. The van der Waals surface area contributed by atoms with Crippen LogP contribution in [-0.4, -0.2) is 15.0 Å². The van der Waals surface area contributed by atoms with Crippen molar-refractivity contribution in [2.45, 2.75) is 30.4 Å². The highest BCUT2D eigenvalue weighted by Gasteiger charge is 2.04. The van der Waals surface area contributed by atoms with Gasteiger partial charge in [-0.25, -0.2) is 15.0 Å². The maximum absolute atomic E-state index is 5.85. The van der Waals surface area contributed by atoms with Crippen LogP contribution in [0.4, 0.5) is 5.69 Å². The zero-order chi connectivity index (χ0) is 16.2. The van der Waals surface area contributed by atoms with Crippen LogP contribution < -0.4 is 5.32 Å². The Labute approximate surface area is 148 Å². The Morgan fingerprint density at radius 1 is 1.17 bits per heavy atom. The molecule has 0 aliphatic rings. The van der Waals surface area contributed by atoms with Gasteiger partial charge in [0.2, 0.25) is 0 Å². The Hall–Kier alpha value is -1.63. The van der Waals surface area contributed by atoms with E-state index in [0.717, 1.165) is 32.0 Å². The smallest absolute Gasteiger partial charge is 0.192 e. The summed E-state index contributed by atoms with van der Waals surface area (Å²) in [6.07, 6.45) is 1.79. The van der Waals surface area contributed by atoms with Crippen molar-refractivity contribution in [1.82, 2.24) is 15.0 Å². The number of halogens is 1. The maximum Gasteiger partial charge on any atom is 0.192 e. The summed E-state index contributed by atoms with van der Waals surface area (Å²) in [5, 5.41) is 4.15. The van der Waals surface area contributed by atoms with E-state index < -0.39 is 0 Å². The van der Waals surface area contributed by atoms with Crippen molar-refractivity contribution in [3.05, 3.63) is 57.3 Å². The molecule has 0 saturated heterocycles. The molecule has 0 fully saturated rings. The van der Waals surface area contributed by atoms with Crippen LogP contribution in [0.1, 0.15) is 16.3 Å². The first-order valence-electron chi connectivity index (χ1n) is 7.03. The number of aryl methyl sites for hydroxylation is 2.